The lowest BCUT2D eigenvalue weighted by molar-refractivity contribution is 0.398. The molecule has 120 valence electrons. The van der Waals surface area contributed by atoms with Crippen molar-refractivity contribution in [2.45, 2.75) is 26.2 Å². The monoisotopic (exact) mass is 336 g/mol. The van der Waals surface area contributed by atoms with Crippen LogP contribution < -0.4 is 8.45 Å². The van der Waals surface area contributed by atoms with Crippen LogP contribution in [0.25, 0.3) is 0 Å². The number of aromatic nitrogens is 1. The third-order valence-electron chi connectivity index (χ3n) is 2.69. The first-order valence-corrected chi connectivity index (χ1v) is 9.73. The van der Waals surface area contributed by atoms with Crippen molar-refractivity contribution in [2.24, 2.45) is 0 Å². The Labute approximate surface area is 126 Å². The van der Waals surface area contributed by atoms with Crippen LogP contribution in [0.1, 0.15) is 26.3 Å². The lowest BCUT2D eigenvalue weighted by Gasteiger charge is -2.25. The molecular weight excluding hydrogens is 316 g/mol. The minimum absolute atomic E-state index is 0.0705. The molecule has 0 bridgehead atoms. The molecule has 0 aromatic carbocycles. The van der Waals surface area contributed by atoms with Gasteiger partial charge in [-0.1, -0.05) is 20.8 Å². The zero-order valence-corrected chi connectivity index (χ0v) is 14.5. The van der Waals surface area contributed by atoms with Gasteiger partial charge < -0.3 is 4.74 Å². The van der Waals surface area contributed by atoms with Crippen molar-refractivity contribution in [3.8, 4) is 5.88 Å². The van der Waals surface area contributed by atoms with Crippen molar-refractivity contribution in [1.29, 1.82) is 0 Å². The second-order valence-electron chi connectivity index (χ2n) is 5.73. The largest absolute Gasteiger partial charge is 0.479 e. The van der Waals surface area contributed by atoms with Crippen LogP contribution in [0.15, 0.2) is 12.3 Å². The zero-order valence-electron chi connectivity index (χ0n) is 12.9. The van der Waals surface area contributed by atoms with E-state index in [4.69, 9.17) is 4.74 Å². The number of methoxy groups -OCH3 is 1. The van der Waals surface area contributed by atoms with Crippen molar-refractivity contribution in [3.63, 3.8) is 0 Å². The summed E-state index contributed by atoms with van der Waals surface area (Å²) in [6.07, 6.45) is 3.17. The fourth-order valence-corrected chi connectivity index (χ4v) is 4.69. The zero-order chi connectivity index (χ0) is 16.6. The summed E-state index contributed by atoms with van der Waals surface area (Å²) in [5.41, 5.74) is 0.250. The summed E-state index contributed by atoms with van der Waals surface area (Å²) in [4.78, 5) is 4.02. The summed E-state index contributed by atoms with van der Waals surface area (Å²) in [5, 5.41) is 0. The van der Waals surface area contributed by atoms with E-state index in [9.17, 15) is 16.8 Å². The number of sulfonamides is 2. The van der Waals surface area contributed by atoms with E-state index < -0.39 is 20.0 Å². The van der Waals surface area contributed by atoms with Gasteiger partial charge >= 0.3 is 0 Å². The third-order valence-corrected chi connectivity index (χ3v) is 5.91. The third kappa shape index (κ3) is 4.07. The summed E-state index contributed by atoms with van der Waals surface area (Å²) < 4.78 is 52.8. The molecule has 21 heavy (non-hydrogen) atoms. The van der Waals surface area contributed by atoms with Gasteiger partial charge in [-0.25, -0.2) is 21.8 Å². The van der Waals surface area contributed by atoms with Gasteiger partial charge in [0.25, 0.3) is 0 Å². The number of pyridine rings is 1. The smallest absolute Gasteiger partial charge is 0.245 e. The fraction of sp³-hybridized carbons (Fsp3) is 0.583. The summed E-state index contributed by atoms with van der Waals surface area (Å²) in [6.45, 7) is 5.72. The van der Waals surface area contributed by atoms with Crippen LogP contribution in [0.5, 0.6) is 5.88 Å². The van der Waals surface area contributed by atoms with Gasteiger partial charge in [0.1, 0.15) is 5.69 Å². The van der Waals surface area contributed by atoms with Crippen LogP contribution in [0.3, 0.4) is 0 Å². The summed E-state index contributed by atoms with van der Waals surface area (Å²) in [7, 11) is -6.79. The van der Waals surface area contributed by atoms with Crippen molar-refractivity contribution < 1.29 is 21.6 Å². The van der Waals surface area contributed by atoms with Gasteiger partial charge in [0.05, 0.1) is 19.6 Å². The molecule has 0 spiro atoms. The van der Waals surface area contributed by atoms with E-state index in [0.717, 1.165) is 12.5 Å². The van der Waals surface area contributed by atoms with E-state index in [1.54, 1.807) is 0 Å². The van der Waals surface area contributed by atoms with E-state index in [1.165, 1.54) is 19.4 Å². The SMILES string of the molecule is COc1ncc(C(C)(C)C)cc1N(S(C)(=O)=O)S(C)(=O)=O. The Morgan fingerprint density at radius 1 is 1.10 bits per heavy atom. The summed E-state index contributed by atoms with van der Waals surface area (Å²) >= 11 is 0. The second kappa shape index (κ2) is 5.45. The Hall–Kier alpha value is -1.35. The molecule has 1 aromatic rings. The summed E-state index contributed by atoms with van der Waals surface area (Å²) in [5.74, 6) is -0.0705. The Morgan fingerprint density at radius 3 is 1.90 bits per heavy atom. The Balaban J connectivity index is 3.73. The first kappa shape index (κ1) is 17.7. The quantitative estimate of drug-likeness (QED) is 0.818. The highest BCUT2D eigenvalue weighted by Crippen LogP contribution is 2.34. The van der Waals surface area contributed by atoms with Crippen LogP contribution >= 0.6 is 0 Å². The van der Waals surface area contributed by atoms with Gasteiger partial charge in [-0.3, -0.25) is 0 Å². The van der Waals surface area contributed by atoms with Gasteiger partial charge in [-0.05, 0) is 17.0 Å². The topological polar surface area (TPSA) is 93.6 Å². The normalized spacial score (nSPS) is 13.0. The average molecular weight is 336 g/mol. The molecule has 0 fully saturated rings. The number of hydrogen-bond donors (Lipinski definition) is 0. The van der Waals surface area contributed by atoms with E-state index in [1.807, 2.05) is 20.8 Å². The molecule has 9 heteroatoms. The maximum absolute atomic E-state index is 11.9. The first-order chi connectivity index (χ1) is 9.28. The fourth-order valence-electron chi connectivity index (χ4n) is 1.74. The Bertz CT molecular complexity index is 701. The van der Waals surface area contributed by atoms with Crippen molar-refractivity contribution in [3.05, 3.63) is 17.8 Å². The minimum atomic E-state index is -4.05. The molecule has 0 atom stereocenters. The van der Waals surface area contributed by atoms with E-state index in [-0.39, 0.29) is 17.0 Å². The standard InChI is InChI=1S/C12H20N2O5S2/c1-12(2,3)9-7-10(11(19-4)13-8-9)14(20(5,15)16)21(6,17)18/h7-8H,1-6H3. The van der Waals surface area contributed by atoms with Gasteiger partial charge in [-0.2, -0.15) is 3.71 Å². The van der Waals surface area contributed by atoms with Gasteiger partial charge in [0.15, 0.2) is 0 Å². The Morgan fingerprint density at radius 2 is 1.57 bits per heavy atom. The number of ether oxygens (including phenoxy) is 1. The van der Waals surface area contributed by atoms with Gasteiger partial charge in [0, 0.05) is 6.20 Å². The molecule has 0 saturated heterocycles. The van der Waals surface area contributed by atoms with Crippen molar-refractivity contribution in [1.82, 2.24) is 4.98 Å². The second-order valence-corrected chi connectivity index (χ2v) is 9.62. The number of nitrogens with zero attached hydrogens (tertiary/aromatic N) is 2. The molecule has 0 radical (unpaired) electrons. The maximum Gasteiger partial charge on any atom is 0.245 e. The van der Waals surface area contributed by atoms with E-state index in [2.05, 4.69) is 4.98 Å². The molecule has 0 unspecified atom stereocenters. The molecule has 1 aromatic heterocycles. The lowest BCUT2D eigenvalue weighted by atomic mass is 9.88. The molecule has 0 aliphatic rings. The maximum atomic E-state index is 11.9. The number of hydrogen-bond acceptors (Lipinski definition) is 6. The molecule has 1 heterocycles. The predicted molar refractivity (Wildman–Crippen MR) is 81.7 cm³/mol. The van der Waals surface area contributed by atoms with Crippen molar-refractivity contribution >= 4 is 25.7 Å². The van der Waals surface area contributed by atoms with E-state index >= 15 is 0 Å². The van der Waals surface area contributed by atoms with Gasteiger partial charge in [0.2, 0.25) is 25.9 Å². The molecule has 1 rings (SSSR count). The van der Waals surface area contributed by atoms with E-state index in [0.29, 0.717) is 9.27 Å². The average Bonchev–Trinajstić information content (AvgIpc) is 2.23. The molecule has 0 aliphatic heterocycles. The molecular formula is C12H20N2O5S2. The molecule has 7 nitrogen and oxygen atoms in total. The number of anilines is 1. The number of rotatable bonds is 4. The first-order valence-electron chi connectivity index (χ1n) is 6.03. The predicted octanol–water partition coefficient (Wildman–Crippen LogP) is 1.11. The van der Waals surface area contributed by atoms with Crippen LogP contribution in [-0.4, -0.2) is 41.4 Å². The van der Waals surface area contributed by atoms with Crippen LogP contribution in [-0.2, 0) is 25.5 Å². The molecule has 0 N–H and O–H groups in total. The molecule has 0 saturated carbocycles. The van der Waals surface area contributed by atoms with Crippen LogP contribution in [0, 0.1) is 0 Å². The van der Waals surface area contributed by atoms with Crippen LogP contribution in [0.4, 0.5) is 5.69 Å². The van der Waals surface area contributed by atoms with Crippen molar-refractivity contribution in [2.75, 3.05) is 23.3 Å². The minimum Gasteiger partial charge on any atom is -0.479 e. The molecule has 0 aliphatic carbocycles. The molecule has 0 amide bonds. The summed E-state index contributed by atoms with van der Waals surface area (Å²) in [6, 6.07) is 1.47. The Kier molecular flexibility index (Phi) is 4.59. The highest BCUT2D eigenvalue weighted by Gasteiger charge is 2.32. The van der Waals surface area contributed by atoms with Gasteiger partial charge in [-0.15, -0.1) is 0 Å². The highest BCUT2D eigenvalue weighted by molar-refractivity contribution is 8.09. The van der Waals surface area contributed by atoms with Crippen LogP contribution in [0.2, 0.25) is 0 Å². The highest BCUT2D eigenvalue weighted by atomic mass is 32.3. The lowest BCUT2D eigenvalue weighted by Crippen LogP contribution is -2.36.